The number of hydrogen-bond donors (Lipinski definition) is 1. The summed E-state index contributed by atoms with van der Waals surface area (Å²) in [4.78, 5) is 0. The minimum Gasteiger partial charge on any atom is -0.363 e. The van der Waals surface area contributed by atoms with E-state index in [1.807, 2.05) is 0 Å². The van der Waals surface area contributed by atoms with Crippen LogP contribution in [0.25, 0.3) is 0 Å². The molecule has 0 spiro atoms. The van der Waals surface area contributed by atoms with Crippen molar-refractivity contribution in [3.63, 3.8) is 0 Å². The number of aromatic nitrogens is 2. The maximum atomic E-state index is 5.83. The first-order valence-corrected chi connectivity index (χ1v) is 10.3. The quantitative estimate of drug-likeness (QED) is 0.138. The fraction of sp³-hybridized carbons (Fsp3) is 0.750. The van der Waals surface area contributed by atoms with E-state index in [2.05, 4.69) is 23.7 Å². The third-order valence-corrected chi connectivity index (χ3v) is 5.69. The zero-order valence-corrected chi connectivity index (χ0v) is 16.0. The van der Waals surface area contributed by atoms with Crippen LogP contribution < -0.4 is 0 Å². The normalized spacial score (nSPS) is 12.4. The number of H-pyrrole nitrogens is 1. The molecule has 0 amide bonds. The first-order valence-electron chi connectivity index (χ1n) is 8.21. The molecule has 0 aliphatic carbocycles. The van der Waals surface area contributed by atoms with Gasteiger partial charge in [-0.05, 0) is 25.1 Å². The highest BCUT2D eigenvalue weighted by Gasteiger charge is 2.12. The van der Waals surface area contributed by atoms with E-state index in [1.54, 1.807) is 17.8 Å². The Labute approximate surface area is 147 Å². The highest BCUT2D eigenvalue weighted by atomic mass is 32.2. The summed E-state index contributed by atoms with van der Waals surface area (Å²) in [5.74, 6) is 0. The minimum absolute atomic E-state index is 0.145. The molecule has 0 aromatic carbocycles. The van der Waals surface area contributed by atoms with E-state index in [0.717, 1.165) is 14.7 Å². The molecular formula is C16H28N2OS3. The summed E-state index contributed by atoms with van der Waals surface area (Å²) in [6.45, 7) is 6.57. The molecule has 0 bridgehead atoms. The summed E-state index contributed by atoms with van der Waals surface area (Å²) in [5, 5.41) is 7.01. The Kier molecular flexibility index (Phi) is 12.0. The molecule has 1 rings (SSSR count). The smallest absolute Gasteiger partial charge is 0.177 e. The van der Waals surface area contributed by atoms with Crippen LogP contribution in [0.1, 0.15) is 64.7 Å². The van der Waals surface area contributed by atoms with E-state index >= 15 is 0 Å². The SMILES string of the molecule is C=CCOC(CCCCCCCCCC)Sc1n[nH]c(=S)s1. The highest BCUT2D eigenvalue weighted by Crippen LogP contribution is 2.29. The second-order valence-electron chi connectivity index (χ2n) is 5.31. The van der Waals surface area contributed by atoms with Gasteiger partial charge in [0.25, 0.3) is 0 Å². The van der Waals surface area contributed by atoms with Gasteiger partial charge in [-0.1, -0.05) is 81.0 Å². The number of hydrogen-bond acceptors (Lipinski definition) is 5. The van der Waals surface area contributed by atoms with Crippen LogP contribution >= 0.6 is 35.3 Å². The van der Waals surface area contributed by atoms with Gasteiger partial charge in [0.1, 0.15) is 5.44 Å². The van der Waals surface area contributed by atoms with E-state index < -0.39 is 0 Å². The van der Waals surface area contributed by atoms with Crippen molar-refractivity contribution in [2.75, 3.05) is 6.61 Å². The number of nitrogens with zero attached hydrogens (tertiary/aromatic N) is 1. The van der Waals surface area contributed by atoms with E-state index in [4.69, 9.17) is 17.0 Å². The standard InChI is InChI=1S/C16H28N2OS3/c1-3-5-6-7-8-9-10-11-12-14(19-13-4-2)21-16-18-17-15(20)22-16/h4,14H,2-3,5-13H2,1H3,(H,17,20). The van der Waals surface area contributed by atoms with Crippen molar-refractivity contribution >= 4 is 35.3 Å². The summed E-state index contributed by atoms with van der Waals surface area (Å²) in [7, 11) is 0. The lowest BCUT2D eigenvalue weighted by Gasteiger charge is -2.14. The lowest BCUT2D eigenvalue weighted by atomic mass is 10.1. The molecule has 0 fully saturated rings. The molecule has 1 aromatic heterocycles. The van der Waals surface area contributed by atoms with Gasteiger partial charge in [-0.15, -0.1) is 6.58 Å². The van der Waals surface area contributed by atoms with Crippen LogP contribution in [-0.2, 0) is 4.74 Å². The average Bonchev–Trinajstić information content (AvgIpc) is 2.92. The predicted octanol–water partition coefficient (Wildman–Crippen LogP) is 6.35. The Morgan fingerprint density at radius 1 is 1.27 bits per heavy atom. The van der Waals surface area contributed by atoms with Gasteiger partial charge in [-0.25, -0.2) is 0 Å². The molecule has 126 valence electrons. The van der Waals surface area contributed by atoms with Crippen LogP contribution in [0.3, 0.4) is 0 Å². The van der Waals surface area contributed by atoms with Crippen molar-refractivity contribution in [2.45, 2.75) is 74.5 Å². The highest BCUT2D eigenvalue weighted by molar-refractivity contribution is 8.01. The number of rotatable bonds is 14. The zero-order valence-electron chi connectivity index (χ0n) is 13.5. The van der Waals surface area contributed by atoms with Crippen molar-refractivity contribution in [2.24, 2.45) is 0 Å². The molecule has 1 atom stereocenters. The molecule has 0 aliphatic rings. The maximum Gasteiger partial charge on any atom is 0.177 e. The number of nitrogens with one attached hydrogen (secondary N) is 1. The summed E-state index contributed by atoms with van der Waals surface area (Å²) < 4.78 is 7.50. The third kappa shape index (κ3) is 9.77. The summed E-state index contributed by atoms with van der Waals surface area (Å²) in [5.41, 5.74) is 0.145. The van der Waals surface area contributed by atoms with Crippen LogP contribution in [0, 0.1) is 3.95 Å². The molecule has 1 N–H and O–H groups in total. The van der Waals surface area contributed by atoms with E-state index in [-0.39, 0.29) is 5.44 Å². The van der Waals surface area contributed by atoms with Crippen LogP contribution in [0.15, 0.2) is 17.0 Å². The van der Waals surface area contributed by atoms with Gasteiger partial charge < -0.3 is 4.74 Å². The zero-order chi connectivity index (χ0) is 16.0. The molecule has 0 saturated heterocycles. The number of aromatic amines is 1. The summed E-state index contributed by atoms with van der Waals surface area (Å²) >= 11 is 8.24. The molecule has 0 radical (unpaired) electrons. The van der Waals surface area contributed by atoms with Gasteiger partial charge in [-0.2, -0.15) is 5.10 Å². The molecule has 3 nitrogen and oxygen atoms in total. The van der Waals surface area contributed by atoms with Gasteiger partial charge in [0, 0.05) is 0 Å². The van der Waals surface area contributed by atoms with Crippen molar-refractivity contribution in [1.82, 2.24) is 10.2 Å². The van der Waals surface area contributed by atoms with Gasteiger partial charge >= 0.3 is 0 Å². The van der Waals surface area contributed by atoms with Gasteiger partial charge in [0.2, 0.25) is 0 Å². The fourth-order valence-corrected chi connectivity index (χ4v) is 4.48. The maximum absolute atomic E-state index is 5.83. The van der Waals surface area contributed by atoms with Gasteiger partial charge in [-0.3, -0.25) is 5.10 Å². The molecule has 1 aromatic rings. The van der Waals surface area contributed by atoms with Gasteiger partial charge in [0.05, 0.1) is 6.61 Å². The van der Waals surface area contributed by atoms with Crippen molar-refractivity contribution < 1.29 is 4.74 Å². The summed E-state index contributed by atoms with van der Waals surface area (Å²) in [6.07, 6.45) is 13.5. The van der Waals surface area contributed by atoms with Crippen molar-refractivity contribution in [3.05, 3.63) is 16.6 Å². The minimum atomic E-state index is 0.145. The van der Waals surface area contributed by atoms with Crippen LogP contribution in [0.5, 0.6) is 0 Å². The third-order valence-electron chi connectivity index (χ3n) is 3.34. The fourth-order valence-electron chi connectivity index (χ4n) is 2.18. The van der Waals surface area contributed by atoms with Crippen LogP contribution in [0.4, 0.5) is 0 Å². The molecular weight excluding hydrogens is 332 g/mol. The van der Waals surface area contributed by atoms with E-state index in [0.29, 0.717) is 6.61 Å². The molecule has 1 heterocycles. The van der Waals surface area contributed by atoms with Crippen molar-refractivity contribution in [1.29, 1.82) is 0 Å². The topological polar surface area (TPSA) is 37.9 Å². The first kappa shape index (κ1) is 19.9. The Hall–Kier alpha value is -0.170. The Morgan fingerprint density at radius 3 is 2.55 bits per heavy atom. The number of ether oxygens (including phenoxy) is 1. The molecule has 1 unspecified atom stereocenters. The van der Waals surface area contributed by atoms with E-state index in [1.165, 1.54) is 62.7 Å². The second kappa shape index (κ2) is 13.3. The van der Waals surface area contributed by atoms with Gasteiger partial charge in [0.15, 0.2) is 8.29 Å². The monoisotopic (exact) mass is 360 g/mol. The molecule has 0 saturated carbocycles. The van der Waals surface area contributed by atoms with Crippen molar-refractivity contribution in [3.8, 4) is 0 Å². The van der Waals surface area contributed by atoms with E-state index in [9.17, 15) is 0 Å². The number of unbranched alkanes of at least 4 members (excludes halogenated alkanes) is 7. The number of thioether (sulfide) groups is 1. The lowest BCUT2D eigenvalue weighted by Crippen LogP contribution is -2.08. The van der Waals surface area contributed by atoms with Crippen LogP contribution in [0.2, 0.25) is 0 Å². The molecule has 6 heteroatoms. The van der Waals surface area contributed by atoms with Crippen LogP contribution in [-0.4, -0.2) is 22.2 Å². The lowest BCUT2D eigenvalue weighted by molar-refractivity contribution is 0.130. The predicted molar refractivity (Wildman–Crippen MR) is 100 cm³/mol. The summed E-state index contributed by atoms with van der Waals surface area (Å²) in [6, 6.07) is 0. The Balaban J connectivity index is 2.18. The first-order chi connectivity index (χ1) is 10.8. The Morgan fingerprint density at radius 2 is 1.95 bits per heavy atom. The molecule has 22 heavy (non-hydrogen) atoms. The Bertz CT molecular complexity index is 445. The average molecular weight is 361 g/mol. The molecule has 0 aliphatic heterocycles. The largest absolute Gasteiger partial charge is 0.363 e. The second-order valence-corrected chi connectivity index (χ2v) is 8.38.